The molecule has 0 fully saturated rings. The van der Waals surface area contributed by atoms with Crippen LogP contribution in [-0.2, 0) is 4.79 Å². The molecular weight excluding hydrogens is 396 g/mol. The van der Waals surface area contributed by atoms with Crippen molar-refractivity contribution in [2.24, 2.45) is 0 Å². The summed E-state index contributed by atoms with van der Waals surface area (Å²) in [6.45, 7) is 4.99. The maximum Gasteiger partial charge on any atom is 0.248 e. The standard InChI is InChI=1S/C20H19N2OS.BrH/c1-14-7-9-16(10-8-14)19-12-24-20-15(2)11-21(13-23)17-5-3-4-6-18(17)22(19)20;/h3-10,12-13,15H,11H2,1-2H3;1H/q+1;/p-1. The molecule has 0 bridgehead atoms. The van der Waals surface area contributed by atoms with E-state index in [1.54, 1.807) is 11.3 Å². The Kier molecular flexibility index (Phi) is 5.06. The Labute approximate surface area is 162 Å². The summed E-state index contributed by atoms with van der Waals surface area (Å²) in [5, 5.41) is 3.51. The summed E-state index contributed by atoms with van der Waals surface area (Å²) in [6.07, 6.45) is 0.942. The molecular formula is C20H19BrN2OS. The second-order valence-electron chi connectivity index (χ2n) is 6.31. The molecule has 1 amide bonds. The lowest BCUT2D eigenvalue weighted by atomic mass is 10.1. The summed E-state index contributed by atoms with van der Waals surface area (Å²) < 4.78 is 2.32. The number of rotatable bonds is 2. The van der Waals surface area contributed by atoms with Crippen LogP contribution in [0.1, 0.15) is 23.4 Å². The van der Waals surface area contributed by atoms with Crippen LogP contribution in [0.5, 0.6) is 0 Å². The zero-order valence-electron chi connectivity index (χ0n) is 14.1. The highest BCUT2D eigenvalue weighted by Crippen LogP contribution is 2.33. The topological polar surface area (TPSA) is 24.2 Å². The molecule has 0 saturated carbocycles. The van der Waals surface area contributed by atoms with Crippen molar-refractivity contribution in [3.05, 3.63) is 64.5 Å². The molecule has 1 aromatic heterocycles. The van der Waals surface area contributed by atoms with E-state index < -0.39 is 0 Å². The number of nitrogens with zero attached hydrogens (tertiary/aromatic N) is 2. The minimum atomic E-state index is 0. The zero-order chi connectivity index (χ0) is 16.7. The Morgan fingerprint density at radius 3 is 2.60 bits per heavy atom. The lowest BCUT2D eigenvalue weighted by Gasteiger charge is -2.16. The first-order valence-corrected chi connectivity index (χ1v) is 8.99. The van der Waals surface area contributed by atoms with E-state index >= 15 is 0 Å². The Bertz CT molecular complexity index is 904. The molecule has 1 unspecified atom stereocenters. The summed E-state index contributed by atoms with van der Waals surface area (Å²) in [7, 11) is 0. The molecule has 4 rings (SSSR count). The number of para-hydroxylation sites is 2. The monoisotopic (exact) mass is 414 g/mol. The molecule has 0 saturated heterocycles. The molecule has 1 aliphatic heterocycles. The van der Waals surface area contributed by atoms with Crippen LogP contribution < -0.4 is 26.4 Å². The van der Waals surface area contributed by atoms with Crippen LogP contribution in [-0.4, -0.2) is 13.0 Å². The predicted molar refractivity (Wildman–Crippen MR) is 97.8 cm³/mol. The summed E-state index contributed by atoms with van der Waals surface area (Å²) >= 11 is 1.77. The van der Waals surface area contributed by atoms with Crippen LogP contribution in [0.15, 0.2) is 53.9 Å². The number of fused-ring (bicyclic) bond motifs is 3. The summed E-state index contributed by atoms with van der Waals surface area (Å²) in [4.78, 5) is 13.4. The minimum Gasteiger partial charge on any atom is -1.00 e. The molecule has 25 heavy (non-hydrogen) atoms. The van der Waals surface area contributed by atoms with Gasteiger partial charge < -0.3 is 21.9 Å². The molecule has 2 aromatic carbocycles. The number of benzene rings is 2. The van der Waals surface area contributed by atoms with Crippen molar-refractivity contribution in [2.75, 3.05) is 11.4 Å². The van der Waals surface area contributed by atoms with Crippen molar-refractivity contribution >= 4 is 23.4 Å². The molecule has 2 heterocycles. The molecule has 0 radical (unpaired) electrons. The average molecular weight is 415 g/mol. The van der Waals surface area contributed by atoms with Crippen molar-refractivity contribution in [3.63, 3.8) is 0 Å². The Hall–Kier alpha value is -1.98. The van der Waals surface area contributed by atoms with Gasteiger partial charge in [-0.05, 0) is 32.0 Å². The normalized spacial score (nSPS) is 15.6. The summed E-state index contributed by atoms with van der Waals surface area (Å²) in [5.41, 5.74) is 5.67. The van der Waals surface area contributed by atoms with Gasteiger partial charge in [0, 0.05) is 18.2 Å². The third kappa shape index (κ3) is 3.02. The van der Waals surface area contributed by atoms with Crippen LogP contribution in [0.2, 0.25) is 0 Å². The number of anilines is 1. The highest BCUT2D eigenvalue weighted by atomic mass is 79.9. The van der Waals surface area contributed by atoms with E-state index in [1.807, 2.05) is 23.1 Å². The van der Waals surface area contributed by atoms with Crippen LogP contribution in [0.25, 0.3) is 16.9 Å². The molecule has 5 heteroatoms. The van der Waals surface area contributed by atoms with Crippen LogP contribution in [0.3, 0.4) is 0 Å². The van der Waals surface area contributed by atoms with E-state index in [2.05, 4.69) is 54.1 Å². The summed E-state index contributed by atoms with van der Waals surface area (Å²) in [5.74, 6) is 0.284. The first-order valence-electron chi connectivity index (χ1n) is 8.11. The lowest BCUT2D eigenvalue weighted by Crippen LogP contribution is -3.00. The van der Waals surface area contributed by atoms with Gasteiger partial charge in [-0.3, -0.25) is 4.79 Å². The van der Waals surface area contributed by atoms with Crippen LogP contribution in [0.4, 0.5) is 5.69 Å². The third-order valence-electron chi connectivity index (χ3n) is 4.55. The first kappa shape index (κ1) is 17.8. The maximum absolute atomic E-state index is 11.6. The van der Waals surface area contributed by atoms with Crippen molar-refractivity contribution < 1.29 is 26.3 Å². The van der Waals surface area contributed by atoms with Gasteiger partial charge in [-0.15, -0.1) is 4.57 Å². The van der Waals surface area contributed by atoms with Crippen LogP contribution >= 0.6 is 11.3 Å². The molecule has 3 aromatic rings. The molecule has 1 atom stereocenters. The van der Waals surface area contributed by atoms with Gasteiger partial charge in [0.1, 0.15) is 5.69 Å². The van der Waals surface area contributed by atoms with Crippen LogP contribution in [0, 0.1) is 6.92 Å². The van der Waals surface area contributed by atoms with E-state index in [4.69, 9.17) is 0 Å². The van der Waals surface area contributed by atoms with Gasteiger partial charge in [-0.1, -0.05) is 41.2 Å². The number of carbonyl (C=O) groups excluding carboxylic acids is 1. The van der Waals surface area contributed by atoms with Gasteiger partial charge in [0.2, 0.25) is 22.8 Å². The fourth-order valence-corrected chi connectivity index (χ4v) is 4.40. The average Bonchev–Trinajstić information content (AvgIpc) is 3.00. The number of aryl methyl sites for hydroxylation is 1. The van der Waals surface area contributed by atoms with Gasteiger partial charge in [0.25, 0.3) is 0 Å². The number of hydrogen-bond acceptors (Lipinski definition) is 2. The number of carbonyl (C=O) groups is 1. The molecule has 0 aliphatic carbocycles. The number of amides is 1. The Morgan fingerprint density at radius 2 is 1.88 bits per heavy atom. The SMILES string of the molecule is Cc1ccc(-c2csc3[n+]2-c2ccccc2N(C=O)CC3C)cc1.[Br-]. The highest BCUT2D eigenvalue weighted by molar-refractivity contribution is 7.09. The fourth-order valence-electron chi connectivity index (χ4n) is 3.31. The maximum atomic E-state index is 11.6. The van der Waals surface area contributed by atoms with Gasteiger partial charge >= 0.3 is 0 Å². The van der Waals surface area contributed by atoms with E-state index in [9.17, 15) is 4.79 Å². The largest absolute Gasteiger partial charge is 1.00 e. The number of halogens is 1. The minimum absolute atomic E-state index is 0. The summed E-state index contributed by atoms with van der Waals surface area (Å²) in [6, 6.07) is 16.8. The van der Waals surface area contributed by atoms with E-state index in [0.29, 0.717) is 6.54 Å². The molecule has 128 valence electrons. The number of hydrogen-bond donors (Lipinski definition) is 0. The van der Waals surface area contributed by atoms with Crippen molar-refractivity contribution in [1.82, 2.24) is 0 Å². The predicted octanol–water partition coefficient (Wildman–Crippen LogP) is 1.08. The van der Waals surface area contributed by atoms with Crippen molar-refractivity contribution in [3.8, 4) is 16.9 Å². The van der Waals surface area contributed by atoms with Gasteiger partial charge in [0.15, 0.2) is 0 Å². The second kappa shape index (κ2) is 7.10. The smallest absolute Gasteiger partial charge is 0.248 e. The molecule has 0 N–H and O–H groups in total. The zero-order valence-corrected chi connectivity index (χ0v) is 16.5. The number of thiazole rings is 1. The lowest BCUT2D eigenvalue weighted by molar-refractivity contribution is -0.586. The molecule has 3 nitrogen and oxygen atoms in total. The fraction of sp³-hybridized carbons (Fsp3) is 0.200. The van der Waals surface area contributed by atoms with E-state index in [1.165, 1.54) is 21.8 Å². The third-order valence-corrected chi connectivity index (χ3v) is 5.72. The number of aromatic nitrogens is 1. The molecule has 0 spiro atoms. The van der Waals surface area contributed by atoms with Crippen molar-refractivity contribution in [2.45, 2.75) is 19.8 Å². The van der Waals surface area contributed by atoms with E-state index in [-0.39, 0.29) is 22.9 Å². The second-order valence-corrected chi connectivity index (χ2v) is 7.20. The highest BCUT2D eigenvalue weighted by Gasteiger charge is 2.35. The Balaban J connectivity index is 0.00000182. The molecule has 1 aliphatic rings. The van der Waals surface area contributed by atoms with E-state index in [0.717, 1.165) is 17.8 Å². The Morgan fingerprint density at radius 1 is 1.16 bits per heavy atom. The quantitative estimate of drug-likeness (QED) is 0.454. The van der Waals surface area contributed by atoms with Crippen molar-refractivity contribution in [1.29, 1.82) is 0 Å². The van der Waals surface area contributed by atoms with Gasteiger partial charge in [-0.25, -0.2) is 0 Å². The van der Waals surface area contributed by atoms with Gasteiger partial charge in [0.05, 0.1) is 11.3 Å². The first-order chi connectivity index (χ1) is 11.7. The van der Waals surface area contributed by atoms with Gasteiger partial charge in [-0.2, -0.15) is 0 Å².